The highest BCUT2D eigenvalue weighted by molar-refractivity contribution is 7.03. The van der Waals surface area contributed by atoms with Crippen LogP contribution < -0.4 is 10.7 Å². The average Bonchev–Trinajstić information content (AvgIpc) is 3.52. The highest BCUT2D eigenvalue weighted by Gasteiger charge is 2.31. The molecule has 0 aliphatic heterocycles. The van der Waals surface area contributed by atoms with E-state index < -0.39 is 17.6 Å². The Morgan fingerprint density at radius 2 is 1.94 bits per heavy atom. The summed E-state index contributed by atoms with van der Waals surface area (Å²) < 4.78 is 44.9. The molecule has 5 rings (SSSR count). The third-order valence-electron chi connectivity index (χ3n) is 5.77. The van der Waals surface area contributed by atoms with Gasteiger partial charge in [-0.1, -0.05) is 0 Å². The summed E-state index contributed by atoms with van der Waals surface area (Å²) in [6, 6.07) is 8.96. The Morgan fingerprint density at radius 3 is 2.61 bits per heavy atom. The van der Waals surface area contributed by atoms with Gasteiger partial charge in [0.15, 0.2) is 5.82 Å². The number of aromatic nitrogens is 5. The highest BCUT2D eigenvalue weighted by Crippen LogP contribution is 2.30. The number of aryl methyl sites for hydroxylation is 1. The van der Waals surface area contributed by atoms with E-state index in [9.17, 15) is 18.0 Å². The van der Waals surface area contributed by atoms with Crippen molar-refractivity contribution in [3.05, 3.63) is 71.0 Å². The Morgan fingerprint density at radius 1 is 1.14 bits per heavy atom. The molecule has 4 heterocycles. The molecule has 36 heavy (non-hydrogen) atoms. The van der Waals surface area contributed by atoms with Crippen molar-refractivity contribution in [1.82, 2.24) is 29.1 Å². The Kier molecular flexibility index (Phi) is 5.71. The lowest BCUT2D eigenvalue weighted by Gasteiger charge is -2.32. The predicted molar refractivity (Wildman–Crippen MR) is 130 cm³/mol. The monoisotopic (exact) mass is 512 g/mol. The minimum Gasteiger partial charge on any atom is -0.383 e. The van der Waals surface area contributed by atoms with Crippen LogP contribution >= 0.6 is 11.5 Å². The van der Waals surface area contributed by atoms with Crippen LogP contribution in [0.4, 0.5) is 24.8 Å². The molecular weight excluding hydrogens is 493 g/mol. The van der Waals surface area contributed by atoms with Gasteiger partial charge in [0.25, 0.3) is 5.91 Å². The normalized spacial score (nSPS) is 11.8. The summed E-state index contributed by atoms with van der Waals surface area (Å²) in [7, 11) is 3.42. The van der Waals surface area contributed by atoms with Crippen molar-refractivity contribution in [3.8, 4) is 0 Å². The number of anilines is 2. The van der Waals surface area contributed by atoms with Crippen LogP contribution in [0.3, 0.4) is 0 Å². The smallest absolute Gasteiger partial charge is 0.383 e. The third kappa shape index (κ3) is 4.17. The molecule has 4 aromatic heterocycles. The van der Waals surface area contributed by atoms with E-state index in [2.05, 4.69) is 19.4 Å². The molecule has 0 saturated heterocycles. The zero-order valence-corrected chi connectivity index (χ0v) is 19.9. The molecule has 1 aromatic carbocycles. The number of carbonyl (C=O) groups is 1. The SMILES string of the molecule is CN(c1ccsn1)N(Cc1ccc(C(F)(F)F)cn1)C(=O)c1ccc2nc(N)c3cnn(C)c3c2c1. The summed E-state index contributed by atoms with van der Waals surface area (Å²) in [6.07, 6.45) is -2.13. The number of nitrogen functional groups attached to an aromatic ring is 1. The number of benzene rings is 1. The van der Waals surface area contributed by atoms with Gasteiger partial charge in [-0.3, -0.25) is 19.5 Å². The molecule has 9 nitrogen and oxygen atoms in total. The molecular formula is C23H19F3N8OS. The summed E-state index contributed by atoms with van der Waals surface area (Å²) in [5, 5.41) is 10.3. The van der Waals surface area contributed by atoms with Crippen LogP contribution in [-0.2, 0) is 19.8 Å². The van der Waals surface area contributed by atoms with E-state index in [1.54, 1.807) is 59.6 Å². The van der Waals surface area contributed by atoms with Gasteiger partial charge in [0.2, 0.25) is 0 Å². The van der Waals surface area contributed by atoms with Crippen LogP contribution in [0.1, 0.15) is 21.6 Å². The fourth-order valence-corrected chi connectivity index (χ4v) is 4.42. The predicted octanol–water partition coefficient (Wildman–Crippen LogP) is 4.27. The summed E-state index contributed by atoms with van der Waals surface area (Å²) in [5.74, 6) is 0.439. The number of hydrogen-bond donors (Lipinski definition) is 1. The van der Waals surface area contributed by atoms with Crippen molar-refractivity contribution >= 4 is 50.9 Å². The molecule has 0 saturated carbocycles. The molecule has 0 aliphatic carbocycles. The van der Waals surface area contributed by atoms with Crippen LogP contribution in [0.2, 0.25) is 0 Å². The standard InChI is InChI=1S/C23H19F3N8OS/c1-32-20-16-9-13(3-6-18(16)30-21(27)17(20)11-29-32)22(35)34(33(2)19-7-8-36-31-19)12-15-5-4-14(10-28-15)23(24,25)26/h3-11H,12H2,1-2H3,(H2,27,30). The molecule has 1 amide bonds. The fourth-order valence-electron chi connectivity index (χ4n) is 3.89. The first kappa shape index (κ1) is 23.5. The Hall–Kier alpha value is -4.26. The molecule has 0 fully saturated rings. The molecule has 0 atom stereocenters. The maximum Gasteiger partial charge on any atom is 0.417 e. The largest absolute Gasteiger partial charge is 0.417 e. The van der Waals surface area contributed by atoms with Crippen LogP contribution in [-0.4, -0.2) is 42.1 Å². The number of amides is 1. The molecule has 2 N–H and O–H groups in total. The molecule has 5 aromatic rings. The van der Waals surface area contributed by atoms with E-state index in [-0.39, 0.29) is 12.2 Å². The Balaban J connectivity index is 1.56. The number of hydrogen-bond acceptors (Lipinski definition) is 8. The van der Waals surface area contributed by atoms with Crippen molar-refractivity contribution in [3.63, 3.8) is 0 Å². The van der Waals surface area contributed by atoms with Gasteiger partial charge in [-0.2, -0.15) is 22.6 Å². The van der Waals surface area contributed by atoms with Gasteiger partial charge in [0, 0.05) is 36.6 Å². The molecule has 184 valence electrons. The number of alkyl halides is 3. The van der Waals surface area contributed by atoms with Crippen molar-refractivity contribution < 1.29 is 18.0 Å². The Bertz CT molecular complexity index is 1560. The summed E-state index contributed by atoms with van der Waals surface area (Å²) in [5.41, 5.74) is 7.16. The van der Waals surface area contributed by atoms with Crippen molar-refractivity contribution in [2.24, 2.45) is 7.05 Å². The minimum absolute atomic E-state index is 0.0792. The lowest BCUT2D eigenvalue weighted by molar-refractivity contribution is -0.137. The molecule has 0 spiro atoms. The van der Waals surface area contributed by atoms with Gasteiger partial charge >= 0.3 is 6.18 Å². The zero-order chi connectivity index (χ0) is 25.6. The van der Waals surface area contributed by atoms with Gasteiger partial charge in [-0.25, -0.2) is 9.99 Å². The number of halogens is 3. The van der Waals surface area contributed by atoms with Crippen LogP contribution in [0.5, 0.6) is 0 Å². The molecule has 0 bridgehead atoms. The van der Waals surface area contributed by atoms with Crippen LogP contribution in [0, 0.1) is 0 Å². The van der Waals surface area contributed by atoms with Crippen molar-refractivity contribution in [1.29, 1.82) is 0 Å². The second-order valence-corrected chi connectivity index (χ2v) is 8.71. The summed E-state index contributed by atoms with van der Waals surface area (Å²) in [4.78, 5) is 22.1. The molecule has 0 unspecified atom stereocenters. The van der Waals surface area contributed by atoms with Gasteiger partial charge in [-0.05, 0) is 47.9 Å². The van der Waals surface area contributed by atoms with E-state index >= 15 is 0 Å². The minimum atomic E-state index is -4.50. The number of fused-ring (bicyclic) bond motifs is 3. The summed E-state index contributed by atoms with van der Waals surface area (Å²) >= 11 is 1.21. The first-order valence-electron chi connectivity index (χ1n) is 10.6. The lowest BCUT2D eigenvalue weighted by atomic mass is 10.1. The highest BCUT2D eigenvalue weighted by atomic mass is 32.1. The van der Waals surface area contributed by atoms with Crippen molar-refractivity contribution in [2.45, 2.75) is 12.7 Å². The number of carbonyl (C=O) groups excluding carboxylic acids is 1. The van der Waals surface area contributed by atoms with Gasteiger partial charge < -0.3 is 5.73 Å². The van der Waals surface area contributed by atoms with E-state index in [1.165, 1.54) is 22.6 Å². The Labute approximate surface area is 206 Å². The van der Waals surface area contributed by atoms with Crippen LogP contribution in [0.15, 0.2) is 54.2 Å². The van der Waals surface area contributed by atoms with E-state index in [0.29, 0.717) is 33.5 Å². The van der Waals surface area contributed by atoms with Crippen molar-refractivity contribution in [2.75, 3.05) is 17.8 Å². The molecule has 0 aliphatic rings. The molecule has 0 radical (unpaired) electrons. The third-order valence-corrected chi connectivity index (χ3v) is 6.32. The first-order valence-corrected chi connectivity index (χ1v) is 11.5. The second kappa shape index (κ2) is 8.75. The van der Waals surface area contributed by atoms with Crippen LogP contribution in [0.25, 0.3) is 21.8 Å². The number of hydrazine groups is 1. The van der Waals surface area contributed by atoms with Gasteiger partial charge in [0.05, 0.1) is 40.4 Å². The number of pyridine rings is 2. The second-order valence-electron chi connectivity index (χ2n) is 8.04. The lowest BCUT2D eigenvalue weighted by Crippen LogP contribution is -2.44. The maximum absolute atomic E-state index is 13.8. The topological polar surface area (TPSA) is 106 Å². The fraction of sp³-hybridized carbons (Fsp3) is 0.174. The number of rotatable bonds is 5. The number of nitrogens with two attached hydrogens (primary N) is 1. The quantitative estimate of drug-likeness (QED) is 0.351. The average molecular weight is 513 g/mol. The molecule has 13 heteroatoms. The van der Waals surface area contributed by atoms with Gasteiger partial charge in [-0.15, -0.1) is 0 Å². The summed E-state index contributed by atoms with van der Waals surface area (Å²) in [6.45, 7) is -0.0792. The van der Waals surface area contributed by atoms with E-state index in [4.69, 9.17) is 5.73 Å². The van der Waals surface area contributed by atoms with E-state index in [0.717, 1.165) is 17.8 Å². The zero-order valence-electron chi connectivity index (χ0n) is 19.1. The maximum atomic E-state index is 13.8. The van der Waals surface area contributed by atoms with E-state index in [1.807, 2.05) is 0 Å². The first-order chi connectivity index (χ1) is 17.1. The number of nitrogens with zero attached hydrogens (tertiary/aromatic N) is 7. The van der Waals surface area contributed by atoms with Gasteiger partial charge in [0.1, 0.15) is 5.82 Å².